The topological polar surface area (TPSA) is 61.4 Å². The van der Waals surface area contributed by atoms with Gasteiger partial charge in [-0.3, -0.25) is 4.79 Å². The molecule has 1 aliphatic heterocycles. The second-order valence-corrected chi connectivity index (χ2v) is 8.70. The van der Waals surface area contributed by atoms with Crippen molar-refractivity contribution in [3.05, 3.63) is 65.2 Å². The van der Waals surface area contributed by atoms with Gasteiger partial charge in [0.15, 0.2) is 0 Å². The minimum atomic E-state index is -0.150. The molecule has 1 unspecified atom stereocenters. The van der Waals surface area contributed by atoms with Gasteiger partial charge >= 0.3 is 6.03 Å². The first-order valence-corrected chi connectivity index (χ1v) is 10.5. The maximum absolute atomic E-state index is 12.5. The van der Waals surface area contributed by atoms with Crippen LogP contribution >= 0.6 is 0 Å². The average Bonchev–Trinajstić information content (AvgIpc) is 3.15. The van der Waals surface area contributed by atoms with Gasteiger partial charge in [-0.2, -0.15) is 0 Å². The Kier molecular flexibility index (Phi) is 5.31. The van der Waals surface area contributed by atoms with Crippen LogP contribution in [0.15, 0.2) is 48.5 Å². The first-order valence-electron chi connectivity index (χ1n) is 10.5. The summed E-state index contributed by atoms with van der Waals surface area (Å²) >= 11 is 0. The maximum Gasteiger partial charge on any atom is 0.315 e. The molecule has 1 atom stereocenters. The van der Waals surface area contributed by atoms with Crippen LogP contribution in [0, 0.1) is 0 Å². The van der Waals surface area contributed by atoms with Gasteiger partial charge in [0.1, 0.15) is 0 Å². The minimum Gasteiger partial charge on any atom is -0.334 e. The molecule has 152 valence electrons. The van der Waals surface area contributed by atoms with Crippen LogP contribution < -0.4 is 15.5 Å². The zero-order valence-electron chi connectivity index (χ0n) is 17.2. The Morgan fingerprint density at radius 2 is 1.90 bits per heavy atom. The van der Waals surface area contributed by atoms with Crippen LogP contribution in [0.25, 0.3) is 0 Å². The summed E-state index contributed by atoms with van der Waals surface area (Å²) in [5.41, 5.74) is 4.63. The van der Waals surface area contributed by atoms with Gasteiger partial charge < -0.3 is 15.5 Å². The van der Waals surface area contributed by atoms with Crippen molar-refractivity contribution in [3.8, 4) is 0 Å². The number of carbonyl (C=O) groups is 2. The molecule has 1 saturated heterocycles. The third-order valence-electron chi connectivity index (χ3n) is 6.20. The molecule has 5 nitrogen and oxygen atoms in total. The van der Waals surface area contributed by atoms with E-state index >= 15 is 0 Å². The van der Waals surface area contributed by atoms with Crippen molar-refractivity contribution in [3.63, 3.8) is 0 Å². The van der Waals surface area contributed by atoms with E-state index in [1.54, 1.807) is 0 Å². The molecule has 0 spiro atoms. The van der Waals surface area contributed by atoms with Crippen molar-refractivity contribution >= 4 is 17.6 Å². The van der Waals surface area contributed by atoms with E-state index in [-0.39, 0.29) is 23.4 Å². The molecular formula is C24H29N3O2. The summed E-state index contributed by atoms with van der Waals surface area (Å²) in [4.78, 5) is 26.2. The van der Waals surface area contributed by atoms with Crippen molar-refractivity contribution in [2.75, 3.05) is 11.4 Å². The Hall–Kier alpha value is -2.82. The molecule has 1 aliphatic carbocycles. The molecule has 3 amide bonds. The summed E-state index contributed by atoms with van der Waals surface area (Å²) in [7, 11) is 0. The van der Waals surface area contributed by atoms with Crippen LogP contribution in [-0.2, 0) is 16.8 Å². The second-order valence-electron chi connectivity index (χ2n) is 8.70. The van der Waals surface area contributed by atoms with Crippen LogP contribution in [0.3, 0.4) is 0 Å². The van der Waals surface area contributed by atoms with E-state index in [2.05, 4.69) is 42.7 Å². The van der Waals surface area contributed by atoms with Gasteiger partial charge in [-0.05, 0) is 53.5 Å². The monoisotopic (exact) mass is 391 g/mol. The van der Waals surface area contributed by atoms with Crippen LogP contribution in [-0.4, -0.2) is 18.5 Å². The van der Waals surface area contributed by atoms with Gasteiger partial charge in [0.2, 0.25) is 5.91 Å². The molecule has 0 aromatic heterocycles. The minimum absolute atomic E-state index is 0.0442. The van der Waals surface area contributed by atoms with E-state index in [1.807, 2.05) is 35.2 Å². The molecule has 1 fully saturated rings. The molecule has 4 rings (SSSR count). The van der Waals surface area contributed by atoms with E-state index in [0.29, 0.717) is 13.0 Å². The molecule has 0 bridgehead atoms. The zero-order valence-corrected chi connectivity index (χ0v) is 17.2. The predicted octanol–water partition coefficient (Wildman–Crippen LogP) is 4.43. The largest absolute Gasteiger partial charge is 0.334 e. The van der Waals surface area contributed by atoms with Crippen molar-refractivity contribution in [2.24, 2.45) is 0 Å². The predicted molar refractivity (Wildman–Crippen MR) is 115 cm³/mol. The van der Waals surface area contributed by atoms with E-state index in [4.69, 9.17) is 0 Å². The quantitative estimate of drug-likeness (QED) is 0.810. The standard InChI is InChI=1S/C24H29N3O2/c1-24(2)14-13-21(19-6-3-4-7-20(19)24)26-23(29)25-16-17-9-11-18(12-10-17)27-15-5-8-22(27)28/h3-4,6-7,9-12,21H,5,8,13-16H2,1-2H3,(H2,25,26,29). The smallest absolute Gasteiger partial charge is 0.315 e. The SMILES string of the molecule is CC1(C)CCC(NC(=O)NCc2ccc(N3CCCC3=O)cc2)c2ccccc21. The van der Waals surface area contributed by atoms with E-state index < -0.39 is 0 Å². The Labute approximate surface area is 172 Å². The van der Waals surface area contributed by atoms with Crippen LogP contribution in [0.5, 0.6) is 0 Å². The molecule has 2 aliphatic rings. The first-order chi connectivity index (χ1) is 13.9. The second kappa shape index (κ2) is 7.90. The number of hydrogen-bond acceptors (Lipinski definition) is 2. The summed E-state index contributed by atoms with van der Waals surface area (Å²) in [6.07, 6.45) is 3.54. The highest BCUT2D eigenvalue weighted by molar-refractivity contribution is 5.95. The highest BCUT2D eigenvalue weighted by Gasteiger charge is 2.32. The number of urea groups is 1. The average molecular weight is 392 g/mol. The third kappa shape index (κ3) is 4.14. The number of benzene rings is 2. The summed E-state index contributed by atoms with van der Waals surface area (Å²) < 4.78 is 0. The summed E-state index contributed by atoms with van der Waals surface area (Å²) in [6, 6.07) is 16.2. The lowest BCUT2D eigenvalue weighted by atomic mass is 9.71. The fraction of sp³-hybridized carbons (Fsp3) is 0.417. The molecule has 0 saturated carbocycles. The molecule has 2 aromatic rings. The van der Waals surface area contributed by atoms with Crippen molar-refractivity contribution in [1.82, 2.24) is 10.6 Å². The molecule has 1 heterocycles. The third-order valence-corrected chi connectivity index (χ3v) is 6.20. The van der Waals surface area contributed by atoms with Crippen LogP contribution in [0.1, 0.15) is 62.3 Å². The Morgan fingerprint density at radius 3 is 2.62 bits per heavy atom. The Balaban J connectivity index is 1.34. The molecular weight excluding hydrogens is 362 g/mol. The molecule has 29 heavy (non-hydrogen) atoms. The van der Waals surface area contributed by atoms with Gasteiger partial charge in [-0.1, -0.05) is 50.2 Å². The van der Waals surface area contributed by atoms with Crippen molar-refractivity contribution < 1.29 is 9.59 Å². The number of rotatable bonds is 4. The highest BCUT2D eigenvalue weighted by Crippen LogP contribution is 2.41. The zero-order chi connectivity index (χ0) is 20.4. The number of amides is 3. The lowest BCUT2D eigenvalue weighted by Gasteiger charge is -2.37. The molecule has 5 heteroatoms. The lowest BCUT2D eigenvalue weighted by molar-refractivity contribution is -0.117. The highest BCUT2D eigenvalue weighted by atomic mass is 16.2. The van der Waals surface area contributed by atoms with E-state index in [0.717, 1.165) is 37.1 Å². The van der Waals surface area contributed by atoms with Gasteiger partial charge in [0, 0.05) is 25.2 Å². The number of fused-ring (bicyclic) bond motifs is 1. The number of nitrogens with zero attached hydrogens (tertiary/aromatic N) is 1. The van der Waals surface area contributed by atoms with E-state index in [9.17, 15) is 9.59 Å². The van der Waals surface area contributed by atoms with E-state index in [1.165, 1.54) is 11.1 Å². The number of anilines is 1. The Bertz CT molecular complexity index is 905. The molecule has 2 N–H and O–H groups in total. The first kappa shape index (κ1) is 19.5. The van der Waals surface area contributed by atoms with Crippen molar-refractivity contribution in [2.45, 2.75) is 57.5 Å². The summed E-state index contributed by atoms with van der Waals surface area (Å²) in [5, 5.41) is 6.11. The Morgan fingerprint density at radius 1 is 1.14 bits per heavy atom. The van der Waals surface area contributed by atoms with Gasteiger partial charge in [-0.25, -0.2) is 4.79 Å². The number of carbonyl (C=O) groups excluding carboxylic acids is 2. The maximum atomic E-state index is 12.5. The van der Waals surface area contributed by atoms with Crippen LogP contribution in [0.2, 0.25) is 0 Å². The lowest BCUT2D eigenvalue weighted by Crippen LogP contribution is -2.40. The summed E-state index contributed by atoms with van der Waals surface area (Å²) in [5.74, 6) is 0.186. The van der Waals surface area contributed by atoms with Gasteiger partial charge in [-0.15, -0.1) is 0 Å². The van der Waals surface area contributed by atoms with Gasteiger partial charge in [0.25, 0.3) is 0 Å². The van der Waals surface area contributed by atoms with Crippen LogP contribution in [0.4, 0.5) is 10.5 Å². The normalized spacial score (nSPS) is 20.3. The van der Waals surface area contributed by atoms with Gasteiger partial charge in [0.05, 0.1) is 6.04 Å². The fourth-order valence-corrected chi connectivity index (χ4v) is 4.47. The fourth-order valence-electron chi connectivity index (χ4n) is 4.47. The molecule has 0 radical (unpaired) electrons. The number of hydrogen-bond donors (Lipinski definition) is 2. The molecule has 2 aromatic carbocycles. The summed E-state index contributed by atoms with van der Waals surface area (Å²) in [6.45, 7) is 5.78. The number of nitrogens with one attached hydrogen (secondary N) is 2. The van der Waals surface area contributed by atoms with Crippen molar-refractivity contribution in [1.29, 1.82) is 0 Å².